The van der Waals surface area contributed by atoms with Gasteiger partial charge >= 0.3 is 5.97 Å². The van der Waals surface area contributed by atoms with Crippen LogP contribution in [0.1, 0.15) is 62.3 Å². The van der Waals surface area contributed by atoms with Gasteiger partial charge in [0.1, 0.15) is 0 Å². The highest BCUT2D eigenvalue weighted by atomic mass is 32.2. The van der Waals surface area contributed by atoms with Crippen LogP contribution in [0, 0.1) is 5.92 Å². The van der Waals surface area contributed by atoms with Crippen molar-refractivity contribution in [2.24, 2.45) is 5.92 Å². The van der Waals surface area contributed by atoms with Crippen molar-refractivity contribution in [1.29, 1.82) is 0 Å². The van der Waals surface area contributed by atoms with E-state index in [0.717, 1.165) is 44.0 Å². The molecule has 0 bridgehead atoms. The Morgan fingerprint density at radius 1 is 0.878 bits per heavy atom. The lowest BCUT2D eigenvalue weighted by molar-refractivity contribution is -0.268. The fraction of sp³-hybridized carbons (Fsp3) is 0.308. The Morgan fingerprint density at radius 3 is 2.20 bits per heavy atom. The highest BCUT2D eigenvalue weighted by molar-refractivity contribution is 7.99. The third kappa shape index (κ3) is 9.57. The molecule has 0 saturated carbocycles. The van der Waals surface area contributed by atoms with Crippen LogP contribution in [0.3, 0.4) is 0 Å². The van der Waals surface area contributed by atoms with Crippen LogP contribution >= 0.6 is 11.8 Å². The van der Waals surface area contributed by atoms with Gasteiger partial charge in [-0.25, -0.2) is 0 Å². The van der Waals surface area contributed by atoms with Gasteiger partial charge in [0.15, 0.2) is 12.4 Å². The van der Waals surface area contributed by atoms with Crippen LogP contribution in [-0.4, -0.2) is 40.9 Å². The molecule has 1 fully saturated rings. The van der Waals surface area contributed by atoms with Crippen molar-refractivity contribution in [3.8, 4) is 11.1 Å². The SMILES string of the molecule is CC(=O)Nc1ccc(SC[C@@H]2O[C@H](c3ccc(-c4ccccc4CNC(=O)[C@H](C)OC(C)=O)cc3)O[C@H](c3ccc(CO)cc3)[C@@H]2C)cc1. The highest BCUT2D eigenvalue weighted by Gasteiger charge is 2.38. The Bertz CT molecular complexity index is 1730. The Labute approximate surface area is 291 Å². The summed E-state index contributed by atoms with van der Waals surface area (Å²) in [7, 11) is 0. The number of aliphatic hydroxyl groups excluding tert-OH is 1. The lowest BCUT2D eigenvalue weighted by Crippen LogP contribution is -2.38. The number of hydrogen-bond donors (Lipinski definition) is 3. The average molecular weight is 683 g/mol. The molecule has 1 saturated heterocycles. The van der Waals surface area contributed by atoms with Crippen LogP contribution in [0.15, 0.2) is 102 Å². The lowest BCUT2D eigenvalue weighted by Gasteiger charge is -2.41. The summed E-state index contributed by atoms with van der Waals surface area (Å²) >= 11 is 1.69. The first-order chi connectivity index (χ1) is 23.6. The predicted molar refractivity (Wildman–Crippen MR) is 189 cm³/mol. The maximum absolute atomic E-state index is 12.5. The summed E-state index contributed by atoms with van der Waals surface area (Å²) in [5, 5.41) is 15.2. The van der Waals surface area contributed by atoms with Crippen molar-refractivity contribution in [1.82, 2.24) is 5.32 Å². The Hall–Kier alpha value is -4.48. The molecule has 5 atom stereocenters. The molecule has 0 spiro atoms. The lowest BCUT2D eigenvalue weighted by atomic mass is 9.91. The number of aliphatic hydroxyl groups is 1. The Morgan fingerprint density at radius 2 is 1.55 bits per heavy atom. The molecular weight excluding hydrogens is 641 g/mol. The highest BCUT2D eigenvalue weighted by Crippen LogP contribution is 2.43. The number of thioether (sulfide) groups is 1. The molecule has 49 heavy (non-hydrogen) atoms. The van der Waals surface area contributed by atoms with Crippen molar-refractivity contribution in [3.05, 3.63) is 119 Å². The first-order valence-corrected chi connectivity index (χ1v) is 17.2. The quantitative estimate of drug-likeness (QED) is 0.108. The van der Waals surface area contributed by atoms with E-state index in [9.17, 15) is 19.5 Å². The van der Waals surface area contributed by atoms with Crippen molar-refractivity contribution in [3.63, 3.8) is 0 Å². The molecule has 1 aliphatic rings. The van der Waals surface area contributed by atoms with E-state index in [1.54, 1.807) is 18.7 Å². The van der Waals surface area contributed by atoms with Crippen molar-refractivity contribution in [2.75, 3.05) is 11.1 Å². The molecule has 9 nitrogen and oxygen atoms in total. The summed E-state index contributed by atoms with van der Waals surface area (Å²) in [5.41, 5.74) is 6.34. The molecule has 0 unspecified atom stereocenters. The zero-order chi connectivity index (χ0) is 34.9. The molecule has 0 radical (unpaired) electrons. The van der Waals surface area contributed by atoms with Crippen LogP contribution in [-0.2, 0) is 41.7 Å². The van der Waals surface area contributed by atoms with Gasteiger partial charge in [0.05, 0.1) is 18.8 Å². The first-order valence-electron chi connectivity index (χ1n) is 16.3. The molecule has 2 amide bonds. The van der Waals surface area contributed by atoms with E-state index < -0.39 is 18.4 Å². The number of carbonyl (C=O) groups is 3. The second kappa shape index (κ2) is 16.8. The van der Waals surface area contributed by atoms with Crippen LogP contribution in [0.4, 0.5) is 5.69 Å². The van der Waals surface area contributed by atoms with E-state index >= 15 is 0 Å². The summed E-state index contributed by atoms with van der Waals surface area (Å²) in [6.07, 6.45) is -1.87. The van der Waals surface area contributed by atoms with Gasteiger partial charge in [-0.3, -0.25) is 14.4 Å². The van der Waals surface area contributed by atoms with E-state index in [1.807, 2.05) is 97.1 Å². The van der Waals surface area contributed by atoms with Crippen LogP contribution in [0.25, 0.3) is 11.1 Å². The predicted octanol–water partition coefficient (Wildman–Crippen LogP) is 6.96. The molecule has 10 heteroatoms. The van der Waals surface area contributed by atoms with Gasteiger partial charge in [-0.1, -0.05) is 79.7 Å². The maximum Gasteiger partial charge on any atom is 0.303 e. The zero-order valence-electron chi connectivity index (χ0n) is 28.1. The number of nitrogens with one attached hydrogen (secondary N) is 2. The van der Waals surface area contributed by atoms with Crippen LogP contribution < -0.4 is 10.6 Å². The molecule has 4 aromatic carbocycles. The van der Waals surface area contributed by atoms with E-state index in [2.05, 4.69) is 17.6 Å². The number of ether oxygens (including phenoxy) is 3. The second-order valence-corrected chi connectivity index (χ2v) is 13.2. The topological polar surface area (TPSA) is 123 Å². The molecule has 0 aromatic heterocycles. The number of hydrogen-bond acceptors (Lipinski definition) is 8. The summed E-state index contributed by atoms with van der Waals surface area (Å²) in [4.78, 5) is 36.2. The normalized spacial score (nSPS) is 19.4. The molecular formula is C39H42N2O7S. The van der Waals surface area contributed by atoms with Crippen LogP contribution in [0.5, 0.6) is 0 Å². The van der Waals surface area contributed by atoms with E-state index in [-0.39, 0.29) is 43.1 Å². The molecule has 5 rings (SSSR count). The third-order valence-corrected chi connectivity index (χ3v) is 9.49. The largest absolute Gasteiger partial charge is 0.453 e. The Balaban J connectivity index is 1.33. The van der Waals surface area contributed by atoms with Gasteiger partial charge in [-0.15, -0.1) is 11.8 Å². The summed E-state index contributed by atoms with van der Waals surface area (Å²) in [5.74, 6) is -0.251. The molecule has 0 aliphatic carbocycles. The van der Waals surface area contributed by atoms with Crippen molar-refractivity contribution < 1.29 is 33.7 Å². The monoisotopic (exact) mass is 682 g/mol. The first kappa shape index (κ1) is 35.8. The average Bonchev–Trinajstić information content (AvgIpc) is 3.10. The zero-order valence-corrected chi connectivity index (χ0v) is 28.9. The number of benzene rings is 4. The van der Waals surface area contributed by atoms with E-state index in [1.165, 1.54) is 13.8 Å². The third-order valence-electron chi connectivity index (χ3n) is 8.39. The minimum atomic E-state index is -0.878. The number of rotatable bonds is 12. The van der Waals surface area contributed by atoms with Gasteiger partial charge in [0.25, 0.3) is 5.91 Å². The Kier molecular flexibility index (Phi) is 12.2. The fourth-order valence-corrected chi connectivity index (χ4v) is 6.80. The number of amides is 2. The van der Waals surface area contributed by atoms with Gasteiger partial charge in [0.2, 0.25) is 5.91 Å². The van der Waals surface area contributed by atoms with Crippen LogP contribution in [0.2, 0.25) is 0 Å². The summed E-state index contributed by atoms with van der Waals surface area (Å²) in [6, 6.07) is 31.5. The smallest absolute Gasteiger partial charge is 0.303 e. The van der Waals surface area contributed by atoms with Crippen molar-refractivity contribution >= 4 is 35.2 Å². The molecule has 4 aromatic rings. The fourth-order valence-electron chi connectivity index (χ4n) is 5.73. The van der Waals surface area contributed by atoms with E-state index in [0.29, 0.717) is 5.75 Å². The number of esters is 1. The van der Waals surface area contributed by atoms with E-state index in [4.69, 9.17) is 14.2 Å². The standard InChI is InChI=1S/C39H42N2O7S/c1-24-36(23-49-34-19-17-33(18-20-34)41-26(3)43)47-39(48-37(24)30-11-9-28(22-42)10-12-30)31-15-13-29(14-16-31)35-8-6-5-7-32(35)21-40-38(45)25(2)46-27(4)44/h5-20,24-25,36-37,39,42H,21-23H2,1-4H3,(H,40,45)(H,41,43)/t24-,25+,36+,37+,39+/m1/s1. The molecule has 1 heterocycles. The minimum Gasteiger partial charge on any atom is -0.453 e. The van der Waals surface area contributed by atoms with Gasteiger partial charge in [0, 0.05) is 48.2 Å². The summed E-state index contributed by atoms with van der Waals surface area (Å²) < 4.78 is 18.3. The van der Waals surface area contributed by atoms with Gasteiger partial charge < -0.3 is 30.0 Å². The molecule has 1 aliphatic heterocycles. The number of carbonyl (C=O) groups excluding carboxylic acids is 3. The second-order valence-electron chi connectivity index (χ2n) is 12.1. The maximum atomic E-state index is 12.5. The summed E-state index contributed by atoms with van der Waals surface area (Å²) in [6.45, 7) is 6.70. The number of anilines is 1. The van der Waals surface area contributed by atoms with Crippen molar-refractivity contribution in [2.45, 2.75) is 70.3 Å². The van der Waals surface area contributed by atoms with Gasteiger partial charge in [-0.05, 0) is 59.0 Å². The minimum absolute atomic E-state index is 0.0255. The molecule has 256 valence electrons. The molecule has 3 N–H and O–H groups in total. The van der Waals surface area contributed by atoms with Gasteiger partial charge in [-0.2, -0.15) is 0 Å².